The molecule has 1 aromatic carbocycles. The molecule has 0 aliphatic carbocycles. The summed E-state index contributed by atoms with van der Waals surface area (Å²) in [7, 11) is 2.27. The van der Waals surface area contributed by atoms with Gasteiger partial charge in [0.15, 0.2) is 0 Å². The van der Waals surface area contributed by atoms with Crippen molar-refractivity contribution in [1.82, 2.24) is 10.2 Å². The molecule has 1 aromatic rings. The molecule has 2 nitrogen and oxygen atoms in total. The second-order valence-corrected chi connectivity index (χ2v) is 6.56. The van der Waals surface area contributed by atoms with E-state index in [9.17, 15) is 0 Å². The summed E-state index contributed by atoms with van der Waals surface area (Å²) in [6.45, 7) is 4.62. The van der Waals surface area contributed by atoms with E-state index in [0.717, 1.165) is 17.1 Å². The van der Waals surface area contributed by atoms with Crippen molar-refractivity contribution < 1.29 is 0 Å². The Kier molecular flexibility index (Phi) is 5.86. The molecular weight excluding hydrogens is 300 g/mol. The first-order valence-electron chi connectivity index (χ1n) is 7.36. The normalized spacial score (nSPS) is 22.4. The summed E-state index contributed by atoms with van der Waals surface area (Å²) in [5.74, 6) is 0. The first kappa shape index (κ1) is 15.0. The van der Waals surface area contributed by atoms with Gasteiger partial charge in [-0.2, -0.15) is 0 Å². The van der Waals surface area contributed by atoms with Gasteiger partial charge < -0.3 is 10.2 Å². The van der Waals surface area contributed by atoms with Crippen LogP contribution < -0.4 is 5.32 Å². The quantitative estimate of drug-likeness (QED) is 0.881. The smallest absolute Gasteiger partial charge is 0.0291 e. The topological polar surface area (TPSA) is 15.3 Å². The molecule has 1 saturated heterocycles. The van der Waals surface area contributed by atoms with Crippen LogP contribution in [-0.4, -0.2) is 31.1 Å². The summed E-state index contributed by atoms with van der Waals surface area (Å²) in [5, 5.41) is 3.64. The van der Waals surface area contributed by atoms with Crippen LogP contribution in [0.3, 0.4) is 0 Å². The Morgan fingerprint density at radius 1 is 1.32 bits per heavy atom. The third-order valence-corrected chi connectivity index (χ3v) is 4.75. The Balaban J connectivity index is 1.74. The fraction of sp³-hybridized carbons (Fsp3) is 0.625. The SMILES string of the molecule is C[C@H](NCCC1CCCCN1C)c1ccc(Br)cc1. The summed E-state index contributed by atoms with van der Waals surface area (Å²) in [6, 6.07) is 9.81. The fourth-order valence-corrected chi connectivity index (χ4v) is 3.11. The Morgan fingerprint density at radius 3 is 2.74 bits per heavy atom. The van der Waals surface area contributed by atoms with Crippen LogP contribution in [0, 0.1) is 0 Å². The highest BCUT2D eigenvalue weighted by molar-refractivity contribution is 9.10. The summed E-state index contributed by atoms with van der Waals surface area (Å²) < 4.78 is 1.15. The first-order valence-corrected chi connectivity index (χ1v) is 8.15. The standard InChI is InChI=1S/C16H25BrN2/c1-13(14-6-8-15(17)9-7-14)18-11-10-16-5-3-4-12-19(16)2/h6-9,13,16,18H,3-5,10-12H2,1-2H3/t13-,16?/m0/s1. The molecule has 0 amide bonds. The number of likely N-dealkylation sites (tertiary alicyclic amines) is 1. The average molecular weight is 325 g/mol. The van der Waals surface area contributed by atoms with Crippen molar-refractivity contribution in [3.05, 3.63) is 34.3 Å². The monoisotopic (exact) mass is 324 g/mol. The highest BCUT2D eigenvalue weighted by Gasteiger charge is 2.18. The lowest BCUT2D eigenvalue weighted by molar-refractivity contribution is 0.174. The van der Waals surface area contributed by atoms with Crippen molar-refractivity contribution in [1.29, 1.82) is 0 Å². The lowest BCUT2D eigenvalue weighted by atomic mass is 10.00. The van der Waals surface area contributed by atoms with E-state index in [4.69, 9.17) is 0 Å². The highest BCUT2D eigenvalue weighted by Crippen LogP contribution is 2.19. The lowest BCUT2D eigenvalue weighted by Gasteiger charge is -2.32. The second kappa shape index (κ2) is 7.41. The zero-order valence-corrected chi connectivity index (χ0v) is 13.6. The molecule has 1 unspecified atom stereocenters. The van der Waals surface area contributed by atoms with Crippen molar-refractivity contribution in [3.63, 3.8) is 0 Å². The van der Waals surface area contributed by atoms with Gasteiger partial charge in [0, 0.05) is 16.6 Å². The molecule has 1 N–H and O–H groups in total. The van der Waals surface area contributed by atoms with E-state index in [2.05, 4.69) is 64.4 Å². The van der Waals surface area contributed by atoms with Crippen LogP contribution in [0.25, 0.3) is 0 Å². The number of halogens is 1. The molecule has 3 heteroatoms. The summed E-state index contributed by atoms with van der Waals surface area (Å²) in [5.41, 5.74) is 1.36. The molecule has 0 bridgehead atoms. The van der Waals surface area contributed by atoms with Gasteiger partial charge in [0.05, 0.1) is 0 Å². The zero-order chi connectivity index (χ0) is 13.7. The van der Waals surface area contributed by atoms with Crippen molar-refractivity contribution in [2.24, 2.45) is 0 Å². The van der Waals surface area contributed by atoms with Crippen molar-refractivity contribution in [2.75, 3.05) is 20.1 Å². The van der Waals surface area contributed by atoms with Crippen LogP contribution in [0.4, 0.5) is 0 Å². The molecule has 1 aliphatic heterocycles. The molecule has 0 saturated carbocycles. The Hall–Kier alpha value is -0.380. The molecule has 0 aromatic heterocycles. The third-order valence-electron chi connectivity index (χ3n) is 4.22. The summed E-state index contributed by atoms with van der Waals surface area (Å²) >= 11 is 3.48. The highest BCUT2D eigenvalue weighted by atomic mass is 79.9. The number of nitrogens with zero attached hydrogens (tertiary/aromatic N) is 1. The summed E-state index contributed by atoms with van der Waals surface area (Å²) in [6.07, 6.45) is 5.40. The van der Waals surface area contributed by atoms with Gasteiger partial charge in [0.2, 0.25) is 0 Å². The number of nitrogens with one attached hydrogen (secondary N) is 1. The van der Waals surface area contributed by atoms with Crippen molar-refractivity contribution in [3.8, 4) is 0 Å². The summed E-state index contributed by atoms with van der Waals surface area (Å²) in [4.78, 5) is 2.52. The number of benzene rings is 1. The van der Waals surface area contributed by atoms with Crippen molar-refractivity contribution >= 4 is 15.9 Å². The largest absolute Gasteiger partial charge is 0.310 e. The van der Waals surface area contributed by atoms with E-state index in [1.807, 2.05) is 0 Å². The minimum Gasteiger partial charge on any atom is -0.310 e. The minimum absolute atomic E-state index is 0.432. The molecule has 19 heavy (non-hydrogen) atoms. The molecule has 1 aliphatic rings. The molecule has 106 valence electrons. The van der Waals surface area contributed by atoms with Gasteiger partial charge >= 0.3 is 0 Å². The second-order valence-electron chi connectivity index (χ2n) is 5.65. The van der Waals surface area contributed by atoms with Gasteiger partial charge in [-0.1, -0.05) is 34.5 Å². The van der Waals surface area contributed by atoms with Gasteiger partial charge in [0.1, 0.15) is 0 Å². The molecule has 2 atom stereocenters. The van der Waals surface area contributed by atoms with Crippen LogP contribution >= 0.6 is 15.9 Å². The van der Waals surface area contributed by atoms with Gasteiger partial charge in [-0.25, -0.2) is 0 Å². The average Bonchev–Trinajstić information content (AvgIpc) is 2.41. The Bertz CT molecular complexity index is 377. The van der Waals surface area contributed by atoms with Crippen LogP contribution in [0.15, 0.2) is 28.7 Å². The predicted molar refractivity (Wildman–Crippen MR) is 85.4 cm³/mol. The number of hydrogen-bond donors (Lipinski definition) is 1. The molecule has 2 rings (SSSR count). The first-order chi connectivity index (χ1) is 9.16. The molecule has 1 heterocycles. The Labute approximate surface area is 125 Å². The minimum atomic E-state index is 0.432. The maximum Gasteiger partial charge on any atom is 0.0291 e. The van der Waals surface area contributed by atoms with Crippen LogP contribution in [-0.2, 0) is 0 Å². The van der Waals surface area contributed by atoms with Gasteiger partial charge in [-0.15, -0.1) is 0 Å². The number of hydrogen-bond acceptors (Lipinski definition) is 2. The van der Waals surface area contributed by atoms with Gasteiger partial charge in [-0.05, 0) is 64.0 Å². The fourth-order valence-electron chi connectivity index (χ4n) is 2.84. The third kappa shape index (κ3) is 4.59. The van der Waals surface area contributed by atoms with Crippen LogP contribution in [0.2, 0.25) is 0 Å². The molecular formula is C16H25BrN2. The maximum absolute atomic E-state index is 3.64. The molecule has 0 radical (unpaired) electrons. The number of piperidine rings is 1. The van der Waals surface area contributed by atoms with E-state index >= 15 is 0 Å². The van der Waals surface area contributed by atoms with E-state index < -0.39 is 0 Å². The predicted octanol–water partition coefficient (Wildman–Crippen LogP) is 3.97. The van der Waals surface area contributed by atoms with E-state index in [-0.39, 0.29) is 0 Å². The van der Waals surface area contributed by atoms with Crippen molar-refractivity contribution in [2.45, 2.75) is 44.7 Å². The van der Waals surface area contributed by atoms with E-state index in [1.54, 1.807) is 0 Å². The van der Waals surface area contributed by atoms with E-state index in [1.165, 1.54) is 37.8 Å². The van der Waals surface area contributed by atoms with Crippen LogP contribution in [0.1, 0.15) is 44.2 Å². The lowest BCUT2D eigenvalue weighted by Crippen LogP contribution is -2.38. The number of rotatable bonds is 5. The maximum atomic E-state index is 3.64. The van der Waals surface area contributed by atoms with Gasteiger partial charge in [0.25, 0.3) is 0 Å². The van der Waals surface area contributed by atoms with Crippen LogP contribution in [0.5, 0.6) is 0 Å². The molecule has 1 fully saturated rings. The molecule has 0 spiro atoms. The zero-order valence-electron chi connectivity index (χ0n) is 12.0. The van der Waals surface area contributed by atoms with E-state index in [0.29, 0.717) is 6.04 Å². The van der Waals surface area contributed by atoms with Gasteiger partial charge in [-0.3, -0.25) is 0 Å². The Morgan fingerprint density at radius 2 is 2.05 bits per heavy atom.